The molecular formula is C13H29IN4O. The molecule has 0 unspecified atom stereocenters. The molecule has 0 saturated heterocycles. The Balaban J connectivity index is 0.00000324. The first-order valence-corrected chi connectivity index (χ1v) is 7.07. The summed E-state index contributed by atoms with van der Waals surface area (Å²) < 4.78 is 5.15. The van der Waals surface area contributed by atoms with Gasteiger partial charge in [-0.15, -0.1) is 24.0 Å². The molecule has 0 heterocycles. The van der Waals surface area contributed by atoms with Crippen molar-refractivity contribution in [3.05, 3.63) is 0 Å². The summed E-state index contributed by atoms with van der Waals surface area (Å²) in [6, 6.07) is 0.775. The first-order chi connectivity index (χ1) is 8.81. The maximum absolute atomic E-state index is 5.15. The topological polar surface area (TPSA) is 48.9 Å². The fourth-order valence-electron chi connectivity index (χ4n) is 1.92. The van der Waals surface area contributed by atoms with Crippen molar-refractivity contribution in [2.24, 2.45) is 4.99 Å². The van der Waals surface area contributed by atoms with Gasteiger partial charge in [-0.25, -0.2) is 0 Å². The zero-order chi connectivity index (χ0) is 13.2. The molecule has 0 aliphatic heterocycles. The van der Waals surface area contributed by atoms with Gasteiger partial charge in [0.1, 0.15) is 0 Å². The van der Waals surface area contributed by atoms with E-state index in [4.69, 9.17) is 4.74 Å². The number of nitrogens with zero attached hydrogens (tertiary/aromatic N) is 2. The zero-order valence-corrected chi connectivity index (χ0v) is 14.8. The highest BCUT2D eigenvalue weighted by Crippen LogP contribution is 2.26. The Kier molecular flexibility index (Phi) is 11.7. The van der Waals surface area contributed by atoms with Crippen molar-refractivity contribution in [3.8, 4) is 0 Å². The monoisotopic (exact) mass is 384 g/mol. The molecule has 0 aromatic heterocycles. The van der Waals surface area contributed by atoms with Crippen LogP contribution in [0.5, 0.6) is 0 Å². The van der Waals surface area contributed by atoms with Crippen LogP contribution in [0, 0.1) is 0 Å². The van der Waals surface area contributed by atoms with Crippen molar-refractivity contribution in [3.63, 3.8) is 0 Å². The smallest absolute Gasteiger partial charge is 0.191 e. The lowest BCUT2D eigenvalue weighted by molar-refractivity contribution is 0.145. The molecule has 1 aliphatic carbocycles. The molecule has 5 nitrogen and oxygen atoms in total. The first-order valence-electron chi connectivity index (χ1n) is 7.07. The summed E-state index contributed by atoms with van der Waals surface area (Å²) in [4.78, 5) is 7.06. The van der Waals surface area contributed by atoms with Crippen molar-refractivity contribution in [1.29, 1.82) is 0 Å². The van der Waals surface area contributed by atoms with E-state index in [0.29, 0.717) is 0 Å². The van der Waals surface area contributed by atoms with Crippen LogP contribution in [0.3, 0.4) is 0 Å². The molecule has 1 aliphatic rings. The highest BCUT2D eigenvalue weighted by molar-refractivity contribution is 14.0. The summed E-state index contributed by atoms with van der Waals surface area (Å²) in [7, 11) is 1.76. The Hall–Kier alpha value is -0.0800. The van der Waals surface area contributed by atoms with Gasteiger partial charge in [-0.3, -0.25) is 9.89 Å². The third-order valence-corrected chi connectivity index (χ3v) is 2.99. The van der Waals surface area contributed by atoms with E-state index in [1.807, 2.05) is 0 Å². The number of methoxy groups -OCH3 is 1. The Bertz CT molecular complexity index is 239. The van der Waals surface area contributed by atoms with Gasteiger partial charge in [0.25, 0.3) is 0 Å². The van der Waals surface area contributed by atoms with Gasteiger partial charge in [0.15, 0.2) is 5.96 Å². The van der Waals surface area contributed by atoms with Crippen molar-refractivity contribution < 1.29 is 4.74 Å². The lowest BCUT2D eigenvalue weighted by Gasteiger charge is -2.20. The van der Waals surface area contributed by atoms with Crippen LogP contribution in [-0.4, -0.2) is 63.3 Å². The Morgan fingerprint density at radius 1 is 1.21 bits per heavy atom. The van der Waals surface area contributed by atoms with Crippen LogP contribution in [-0.2, 0) is 4.74 Å². The van der Waals surface area contributed by atoms with E-state index < -0.39 is 0 Å². The Labute approximate surface area is 134 Å². The molecule has 0 aromatic rings. The van der Waals surface area contributed by atoms with Gasteiger partial charge in [-0.2, -0.15) is 0 Å². The largest absolute Gasteiger partial charge is 0.383 e. The molecule has 0 atom stereocenters. The number of ether oxygens (including phenoxy) is 1. The van der Waals surface area contributed by atoms with Crippen molar-refractivity contribution >= 4 is 29.9 Å². The summed E-state index contributed by atoms with van der Waals surface area (Å²) in [6.45, 7) is 9.68. The fraction of sp³-hybridized carbons (Fsp3) is 0.923. The van der Waals surface area contributed by atoms with Gasteiger partial charge in [-0.05, 0) is 26.7 Å². The van der Waals surface area contributed by atoms with Gasteiger partial charge >= 0.3 is 0 Å². The Morgan fingerprint density at radius 2 is 1.84 bits per heavy atom. The molecule has 1 rings (SSSR count). The number of halogens is 1. The number of hydrogen-bond acceptors (Lipinski definition) is 3. The molecule has 0 amide bonds. The number of hydrogen-bond donors (Lipinski definition) is 2. The SMILES string of the molecule is CCNC(=NCCN(CCOC)C1CC1)NCC.I. The molecule has 19 heavy (non-hydrogen) atoms. The van der Waals surface area contributed by atoms with Gasteiger partial charge in [-0.1, -0.05) is 0 Å². The minimum absolute atomic E-state index is 0. The van der Waals surface area contributed by atoms with Gasteiger partial charge in [0.05, 0.1) is 13.2 Å². The van der Waals surface area contributed by atoms with E-state index >= 15 is 0 Å². The van der Waals surface area contributed by atoms with Crippen LogP contribution < -0.4 is 10.6 Å². The number of rotatable bonds is 9. The first kappa shape index (κ1) is 18.9. The summed E-state index contributed by atoms with van der Waals surface area (Å²) in [6.07, 6.45) is 2.67. The van der Waals surface area contributed by atoms with Crippen LogP contribution >= 0.6 is 24.0 Å². The lowest BCUT2D eigenvalue weighted by Crippen LogP contribution is -2.38. The van der Waals surface area contributed by atoms with Crippen LogP contribution in [0.4, 0.5) is 0 Å². The maximum Gasteiger partial charge on any atom is 0.191 e. The van der Waals surface area contributed by atoms with Gasteiger partial charge in [0.2, 0.25) is 0 Å². The van der Waals surface area contributed by atoms with E-state index in [-0.39, 0.29) is 24.0 Å². The van der Waals surface area contributed by atoms with Crippen LogP contribution in [0.1, 0.15) is 26.7 Å². The summed E-state index contributed by atoms with van der Waals surface area (Å²) in [5, 5.41) is 6.48. The molecule has 1 saturated carbocycles. The lowest BCUT2D eigenvalue weighted by atomic mass is 10.4. The predicted molar refractivity (Wildman–Crippen MR) is 91.5 cm³/mol. The van der Waals surface area contributed by atoms with Crippen LogP contribution in [0.2, 0.25) is 0 Å². The number of guanidine groups is 1. The number of aliphatic imine (C=N–C) groups is 1. The highest BCUT2D eigenvalue weighted by Gasteiger charge is 2.27. The van der Waals surface area contributed by atoms with E-state index in [1.165, 1.54) is 12.8 Å². The normalized spacial score (nSPS) is 13.9. The quantitative estimate of drug-likeness (QED) is 0.357. The average Bonchev–Trinajstić information content (AvgIpc) is 3.18. The van der Waals surface area contributed by atoms with E-state index in [0.717, 1.165) is 51.3 Å². The molecule has 0 bridgehead atoms. The molecular weight excluding hydrogens is 355 g/mol. The summed E-state index contributed by atoms with van der Waals surface area (Å²) in [5.74, 6) is 0.919. The molecule has 0 radical (unpaired) electrons. The fourth-order valence-corrected chi connectivity index (χ4v) is 1.92. The minimum Gasteiger partial charge on any atom is -0.383 e. The van der Waals surface area contributed by atoms with Crippen molar-refractivity contribution in [2.75, 3.05) is 46.4 Å². The second kappa shape index (κ2) is 11.7. The summed E-state index contributed by atoms with van der Waals surface area (Å²) in [5.41, 5.74) is 0. The standard InChI is InChI=1S/C13H28N4O.HI/c1-4-14-13(15-5-2)16-8-9-17(10-11-18-3)12-6-7-12;/h12H,4-11H2,1-3H3,(H2,14,15,16);1H. The average molecular weight is 384 g/mol. The molecule has 2 N–H and O–H groups in total. The molecule has 114 valence electrons. The minimum atomic E-state index is 0. The highest BCUT2D eigenvalue weighted by atomic mass is 127. The van der Waals surface area contributed by atoms with E-state index in [9.17, 15) is 0 Å². The third kappa shape index (κ3) is 8.65. The van der Waals surface area contributed by atoms with E-state index in [2.05, 4.69) is 34.4 Å². The second-order valence-electron chi connectivity index (χ2n) is 4.55. The Morgan fingerprint density at radius 3 is 2.32 bits per heavy atom. The van der Waals surface area contributed by atoms with Crippen LogP contribution in [0.15, 0.2) is 4.99 Å². The maximum atomic E-state index is 5.15. The second-order valence-corrected chi connectivity index (χ2v) is 4.55. The predicted octanol–water partition coefficient (Wildman–Crippen LogP) is 1.29. The van der Waals surface area contributed by atoms with Gasteiger partial charge in [0, 0.05) is 39.3 Å². The van der Waals surface area contributed by atoms with E-state index in [1.54, 1.807) is 7.11 Å². The zero-order valence-electron chi connectivity index (χ0n) is 12.4. The molecule has 0 aromatic carbocycles. The van der Waals surface area contributed by atoms with Crippen LogP contribution in [0.25, 0.3) is 0 Å². The number of nitrogens with one attached hydrogen (secondary N) is 2. The molecule has 6 heteroatoms. The van der Waals surface area contributed by atoms with Gasteiger partial charge < -0.3 is 15.4 Å². The molecule has 1 fully saturated rings. The third-order valence-electron chi connectivity index (χ3n) is 2.99. The molecule has 0 spiro atoms. The van der Waals surface area contributed by atoms with Crippen molar-refractivity contribution in [1.82, 2.24) is 15.5 Å². The van der Waals surface area contributed by atoms with Crippen molar-refractivity contribution in [2.45, 2.75) is 32.7 Å². The summed E-state index contributed by atoms with van der Waals surface area (Å²) >= 11 is 0.